The molecule has 5 heteroatoms. The Labute approximate surface area is 131 Å². The summed E-state index contributed by atoms with van der Waals surface area (Å²) in [4.78, 5) is 0. The Hall–Kier alpha value is -0.970. The number of methoxy groups -OCH3 is 1. The van der Waals surface area contributed by atoms with Gasteiger partial charge < -0.3 is 19.9 Å². The van der Waals surface area contributed by atoms with E-state index in [-0.39, 0.29) is 0 Å². The van der Waals surface area contributed by atoms with Crippen LogP contribution in [-0.2, 0) is 4.74 Å². The van der Waals surface area contributed by atoms with Gasteiger partial charge in [-0.15, -0.1) is 0 Å². The van der Waals surface area contributed by atoms with E-state index in [2.05, 4.69) is 5.32 Å². The van der Waals surface area contributed by atoms with Crippen molar-refractivity contribution in [2.75, 3.05) is 25.6 Å². The Morgan fingerprint density at radius 2 is 2.10 bits per heavy atom. The summed E-state index contributed by atoms with van der Waals surface area (Å²) in [6.07, 6.45) is 5.83. The average molecular weight is 314 g/mol. The first-order chi connectivity index (χ1) is 10.2. The SMILES string of the molecule is COc1cc(NCC(O)COC2CCCCC2)ccc1Cl. The summed E-state index contributed by atoms with van der Waals surface area (Å²) >= 11 is 5.97. The number of anilines is 1. The standard InChI is InChI=1S/C16H24ClNO3/c1-20-16-9-12(7-8-15(16)17)18-10-13(19)11-21-14-5-3-2-4-6-14/h7-9,13-14,18-19H,2-6,10-11H2,1H3. The van der Waals surface area contributed by atoms with Crippen LogP contribution < -0.4 is 10.1 Å². The number of halogens is 1. The highest BCUT2D eigenvalue weighted by Crippen LogP contribution is 2.27. The van der Waals surface area contributed by atoms with Crippen molar-refractivity contribution in [2.24, 2.45) is 0 Å². The number of aliphatic hydroxyl groups is 1. The molecule has 1 aromatic carbocycles. The highest BCUT2D eigenvalue weighted by Gasteiger charge is 2.15. The third-order valence-corrected chi connectivity index (χ3v) is 4.08. The van der Waals surface area contributed by atoms with Crippen LogP contribution in [0.2, 0.25) is 5.02 Å². The molecule has 21 heavy (non-hydrogen) atoms. The van der Waals surface area contributed by atoms with E-state index < -0.39 is 6.10 Å². The maximum Gasteiger partial charge on any atom is 0.139 e. The fraction of sp³-hybridized carbons (Fsp3) is 0.625. The van der Waals surface area contributed by atoms with E-state index in [0.29, 0.717) is 30.0 Å². The molecule has 118 valence electrons. The van der Waals surface area contributed by atoms with E-state index in [0.717, 1.165) is 18.5 Å². The first-order valence-electron chi connectivity index (χ1n) is 7.56. The number of nitrogens with one attached hydrogen (secondary N) is 1. The minimum Gasteiger partial charge on any atom is -0.495 e. The minimum absolute atomic E-state index is 0.323. The van der Waals surface area contributed by atoms with E-state index in [1.165, 1.54) is 19.3 Å². The Morgan fingerprint density at radius 3 is 2.81 bits per heavy atom. The topological polar surface area (TPSA) is 50.7 Å². The van der Waals surface area contributed by atoms with Crippen molar-refractivity contribution < 1.29 is 14.6 Å². The second-order valence-corrected chi connectivity index (χ2v) is 5.88. The fourth-order valence-electron chi connectivity index (χ4n) is 2.54. The van der Waals surface area contributed by atoms with Crippen LogP contribution in [0.5, 0.6) is 5.75 Å². The third kappa shape index (κ3) is 5.38. The van der Waals surface area contributed by atoms with Gasteiger partial charge in [-0.05, 0) is 25.0 Å². The van der Waals surface area contributed by atoms with Crippen molar-refractivity contribution >= 4 is 17.3 Å². The van der Waals surface area contributed by atoms with Gasteiger partial charge in [-0.1, -0.05) is 30.9 Å². The van der Waals surface area contributed by atoms with Crippen molar-refractivity contribution in [3.05, 3.63) is 23.2 Å². The van der Waals surface area contributed by atoms with Crippen LogP contribution in [0, 0.1) is 0 Å². The van der Waals surface area contributed by atoms with Gasteiger partial charge in [0.05, 0.1) is 30.9 Å². The quantitative estimate of drug-likeness (QED) is 0.809. The van der Waals surface area contributed by atoms with Gasteiger partial charge in [-0.2, -0.15) is 0 Å². The Morgan fingerprint density at radius 1 is 1.33 bits per heavy atom. The number of aliphatic hydroxyl groups excluding tert-OH is 1. The van der Waals surface area contributed by atoms with Crippen LogP contribution >= 0.6 is 11.6 Å². The molecule has 1 aliphatic rings. The van der Waals surface area contributed by atoms with Crippen LogP contribution in [0.4, 0.5) is 5.69 Å². The van der Waals surface area contributed by atoms with Crippen molar-refractivity contribution in [3.63, 3.8) is 0 Å². The van der Waals surface area contributed by atoms with Crippen LogP contribution in [0.1, 0.15) is 32.1 Å². The molecule has 0 saturated heterocycles. The molecule has 1 atom stereocenters. The Kier molecular flexibility index (Phi) is 6.61. The van der Waals surface area contributed by atoms with Gasteiger partial charge in [0.2, 0.25) is 0 Å². The number of hydrogen-bond acceptors (Lipinski definition) is 4. The molecule has 1 unspecified atom stereocenters. The molecule has 0 bridgehead atoms. The van der Waals surface area contributed by atoms with Gasteiger partial charge in [0.15, 0.2) is 0 Å². The highest BCUT2D eigenvalue weighted by molar-refractivity contribution is 6.32. The maximum atomic E-state index is 9.98. The van der Waals surface area contributed by atoms with Gasteiger partial charge in [-0.25, -0.2) is 0 Å². The number of benzene rings is 1. The predicted octanol–water partition coefficient (Wildman–Crippen LogP) is 3.47. The molecular formula is C16H24ClNO3. The van der Waals surface area contributed by atoms with E-state index >= 15 is 0 Å². The van der Waals surface area contributed by atoms with Crippen molar-refractivity contribution in [2.45, 2.75) is 44.3 Å². The molecule has 2 N–H and O–H groups in total. The molecule has 2 rings (SSSR count). The van der Waals surface area contributed by atoms with Crippen LogP contribution in [0.25, 0.3) is 0 Å². The van der Waals surface area contributed by atoms with E-state index in [1.54, 1.807) is 13.2 Å². The van der Waals surface area contributed by atoms with Crippen molar-refractivity contribution in [3.8, 4) is 5.75 Å². The van der Waals surface area contributed by atoms with Crippen molar-refractivity contribution in [1.82, 2.24) is 0 Å². The van der Waals surface area contributed by atoms with Crippen LogP contribution in [-0.4, -0.2) is 37.6 Å². The molecular weight excluding hydrogens is 290 g/mol. The molecule has 0 heterocycles. The summed E-state index contributed by atoms with van der Waals surface area (Å²) in [7, 11) is 1.58. The molecule has 0 amide bonds. The zero-order valence-electron chi connectivity index (χ0n) is 12.5. The lowest BCUT2D eigenvalue weighted by molar-refractivity contribution is -0.0195. The largest absolute Gasteiger partial charge is 0.495 e. The lowest BCUT2D eigenvalue weighted by atomic mass is 9.98. The number of rotatable bonds is 7. The summed E-state index contributed by atoms with van der Waals surface area (Å²) < 4.78 is 10.9. The Balaban J connectivity index is 1.71. The summed E-state index contributed by atoms with van der Waals surface area (Å²) in [6.45, 7) is 0.819. The summed E-state index contributed by atoms with van der Waals surface area (Å²) in [5, 5.41) is 13.7. The van der Waals surface area contributed by atoms with Crippen LogP contribution in [0.3, 0.4) is 0 Å². The van der Waals surface area contributed by atoms with Crippen molar-refractivity contribution in [1.29, 1.82) is 0 Å². The van der Waals surface area contributed by atoms with Gasteiger partial charge in [0, 0.05) is 18.3 Å². The first-order valence-corrected chi connectivity index (χ1v) is 7.94. The second kappa shape index (κ2) is 8.47. The first kappa shape index (κ1) is 16.4. The third-order valence-electron chi connectivity index (χ3n) is 3.77. The average Bonchev–Trinajstić information content (AvgIpc) is 2.53. The molecule has 0 aromatic heterocycles. The fourth-order valence-corrected chi connectivity index (χ4v) is 2.74. The molecule has 0 spiro atoms. The normalized spacial score (nSPS) is 17.5. The predicted molar refractivity (Wildman–Crippen MR) is 85.3 cm³/mol. The van der Waals surface area contributed by atoms with Gasteiger partial charge in [0.1, 0.15) is 5.75 Å². The van der Waals surface area contributed by atoms with Gasteiger partial charge in [-0.3, -0.25) is 0 Å². The smallest absolute Gasteiger partial charge is 0.139 e. The number of ether oxygens (including phenoxy) is 2. The molecule has 1 aliphatic carbocycles. The van der Waals surface area contributed by atoms with E-state index in [9.17, 15) is 5.11 Å². The number of hydrogen-bond donors (Lipinski definition) is 2. The highest BCUT2D eigenvalue weighted by atomic mass is 35.5. The summed E-state index contributed by atoms with van der Waals surface area (Å²) in [5.74, 6) is 0.620. The molecule has 1 aromatic rings. The molecule has 0 aliphatic heterocycles. The lowest BCUT2D eigenvalue weighted by Crippen LogP contribution is -2.28. The van der Waals surface area contributed by atoms with E-state index in [1.807, 2.05) is 12.1 Å². The molecule has 1 fully saturated rings. The summed E-state index contributed by atoms with van der Waals surface area (Å²) in [6, 6.07) is 5.45. The zero-order chi connectivity index (χ0) is 15.1. The maximum absolute atomic E-state index is 9.98. The molecule has 1 saturated carbocycles. The van der Waals surface area contributed by atoms with E-state index in [4.69, 9.17) is 21.1 Å². The van der Waals surface area contributed by atoms with Gasteiger partial charge >= 0.3 is 0 Å². The monoisotopic (exact) mass is 313 g/mol. The second-order valence-electron chi connectivity index (χ2n) is 5.48. The minimum atomic E-state index is -0.520. The van der Waals surface area contributed by atoms with Gasteiger partial charge in [0.25, 0.3) is 0 Å². The lowest BCUT2D eigenvalue weighted by Gasteiger charge is -2.23. The van der Waals surface area contributed by atoms with Crippen LogP contribution in [0.15, 0.2) is 18.2 Å². The Bertz CT molecular complexity index is 436. The summed E-state index contributed by atoms with van der Waals surface area (Å²) in [5.41, 5.74) is 0.868. The molecule has 0 radical (unpaired) electrons. The molecule has 4 nitrogen and oxygen atoms in total. The zero-order valence-corrected chi connectivity index (χ0v) is 13.2.